The Morgan fingerprint density at radius 1 is 1.10 bits per heavy atom. The van der Waals surface area contributed by atoms with Crippen LogP contribution >= 0.6 is 0 Å². The van der Waals surface area contributed by atoms with E-state index in [0.29, 0.717) is 36.5 Å². The molecule has 0 aliphatic heterocycles. The maximum Gasteiger partial charge on any atom is 0.169 e. The highest BCUT2D eigenvalue weighted by Crippen LogP contribution is 2.58. The Labute approximate surface area is 189 Å². The zero-order chi connectivity index (χ0) is 23.0. The summed E-state index contributed by atoms with van der Waals surface area (Å²) in [6, 6.07) is 0. The highest BCUT2D eigenvalue weighted by atomic mass is 16.3. The monoisotopic (exact) mass is 428 g/mol. The summed E-state index contributed by atoms with van der Waals surface area (Å²) in [6.07, 6.45) is 13.5. The van der Waals surface area contributed by atoms with Crippen molar-refractivity contribution in [2.24, 2.45) is 40.4 Å². The van der Waals surface area contributed by atoms with Crippen LogP contribution in [0.2, 0.25) is 0 Å². The number of carbonyl (C=O) groups is 1. The van der Waals surface area contributed by atoms with Gasteiger partial charge < -0.3 is 10.2 Å². The minimum atomic E-state index is -0.459. The van der Waals surface area contributed by atoms with E-state index in [1.807, 2.05) is 0 Å². The van der Waals surface area contributed by atoms with E-state index < -0.39 is 5.41 Å². The first-order valence-corrected chi connectivity index (χ1v) is 12.5. The molecule has 0 amide bonds. The number of Topliss-reactive ketones (excluding diaryl/α,β-unsaturated/α-hetero) is 1. The number of hydrogen-bond donors (Lipinski definition) is 2. The topological polar surface area (TPSA) is 57.5 Å². The average Bonchev–Trinajstić information content (AvgIpc) is 3.04. The van der Waals surface area contributed by atoms with E-state index in [0.717, 1.165) is 36.8 Å². The molecule has 7 unspecified atom stereocenters. The number of rotatable bonds is 7. The normalized spacial score (nSPS) is 38.2. The average molecular weight is 429 g/mol. The van der Waals surface area contributed by atoms with Crippen molar-refractivity contribution < 1.29 is 15.0 Å². The second-order valence-electron chi connectivity index (χ2n) is 11.4. The Hall–Kier alpha value is -1.19. The highest BCUT2D eigenvalue weighted by molar-refractivity contribution is 6.04. The van der Waals surface area contributed by atoms with Crippen LogP contribution < -0.4 is 0 Å². The fourth-order valence-corrected chi connectivity index (χ4v) is 6.51. The molecule has 31 heavy (non-hydrogen) atoms. The van der Waals surface area contributed by atoms with Crippen LogP contribution in [0.3, 0.4) is 0 Å². The first-order chi connectivity index (χ1) is 14.5. The van der Waals surface area contributed by atoms with Gasteiger partial charge in [0.2, 0.25) is 0 Å². The summed E-state index contributed by atoms with van der Waals surface area (Å²) in [5.41, 5.74) is 1.52. The minimum absolute atomic E-state index is 0.0864. The molecule has 0 aromatic rings. The molecule has 0 spiro atoms. The van der Waals surface area contributed by atoms with E-state index in [4.69, 9.17) is 0 Å². The summed E-state index contributed by atoms with van der Waals surface area (Å²) in [4.78, 5) is 13.8. The molecule has 0 bridgehead atoms. The molecule has 2 saturated carbocycles. The van der Waals surface area contributed by atoms with Gasteiger partial charge in [0.05, 0.1) is 11.5 Å². The van der Waals surface area contributed by atoms with Crippen molar-refractivity contribution in [3.05, 3.63) is 35.5 Å². The fourth-order valence-electron chi connectivity index (χ4n) is 6.51. The van der Waals surface area contributed by atoms with Crippen LogP contribution in [-0.4, -0.2) is 28.7 Å². The van der Waals surface area contributed by atoms with Crippen molar-refractivity contribution in [2.75, 3.05) is 6.61 Å². The van der Waals surface area contributed by atoms with Gasteiger partial charge in [-0.15, -0.1) is 0 Å². The van der Waals surface area contributed by atoms with Crippen LogP contribution in [-0.2, 0) is 4.79 Å². The molecule has 7 atom stereocenters. The van der Waals surface area contributed by atoms with Gasteiger partial charge in [-0.2, -0.15) is 0 Å². The van der Waals surface area contributed by atoms with Crippen molar-refractivity contribution in [3.63, 3.8) is 0 Å². The van der Waals surface area contributed by atoms with Gasteiger partial charge in [-0.1, -0.05) is 64.5 Å². The summed E-state index contributed by atoms with van der Waals surface area (Å²) in [5.74, 6) is 2.52. The van der Waals surface area contributed by atoms with Crippen molar-refractivity contribution in [1.82, 2.24) is 0 Å². The van der Waals surface area contributed by atoms with E-state index in [2.05, 4.69) is 65.8 Å². The quantitative estimate of drug-likeness (QED) is 0.498. The number of hydrogen-bond acceptors (Lipinski definition) is 3. The van der Waals surface area contributed by atoms with Crippen LogP contribution in [0.1, 0.15) is 80.1 Å². The number of fused-ring (bicyclic) bond motifs is 1. The first kappa shape index (κ1) is 24.5. The number of ketones is 1. The number of carbonyl (C=O) groups excluding carboxylic acids is 1. The van der Waals surface area contributed by atoms with Gasteiger partial charge in [0.25, 0.3) is 0 Å². The maximum atomic E-state index is 13.8. The Morgan fingerprint density at radius 2 is 1.81 bits per heavy atom. The molecule has 174 valence electrons. The second-order valence-corrected chi connectivity index (χ2v) is 11.4. The summed E-state index contributed by atoms with van der Waals surface area (Å²) < 4.78 is 0. The van der Waals surface area contributed by atoms with Gasteiger partial charge in [0.1, 0.15) is 0 Å². The SMILES string of the molecule is CC(C)C(C)/C=C/C(C)C1CCC(C2=CC=C3CC(O)CCC3(C)C2=O)C1(C)CCO. The van der Waals surface area contributed by atoms with Crippen LogP contribution in [0, 0.1) is 40.4 Å². The van der Waals surface area contributed by atoms with Crippen molar-refractivity contribution in [1.29, 1.82) is 0 Å². The van der Waals surface area contributed by atoms with Gasteiger partial charge in [-0.3, -0.25) is 4.79 Å². The van der Waals surface area contributed by atoms with Crippen LogP contribution in [0.25, 0.3) is 0 Å². The largest absolute Gasteiger partial charge is 0.396 e. The van der Waals surface area contributed by atoms with Crippen molar-refractivity contribution in [2.45, 2.75) is 86.2 Å². The highest BCUT2D eigenvalue weighted by Gasteiger charge is 2.53. The molecule has 0 saturated heterocycles. The summed E-state index contributed by atoms with van der Waals surface area (Å²) >= 11 is 0. The van der Waals surface area contributed by atoms with Crippen LogP contribution in [0.4, 0.5) is 0 Å². The maximum absolute atomic E-state index is 13.8. The van der Waals surface area contributed by atoms with Crippen LogP contribution in [0.15, 0.2) is 35.5 Å². The predicted octanol–water partition coefficient (Wildman–Crippen LogP) is 5.87. The van der Waals surface area contributed by atoms with Gasteiger partial charge in [-0.05, 0) is 86.0 Å². The number of allylic oxidation sites excluding steroid dienone is 5. The molecular formula is C28H44O3. The molecule has 2 fully saturated rings. The summed E-state index contributed by atoms with van der Waals surface area (Å²) in [7, 11) is 0. The molecule has 0 aromatic heterocycles. The van der Waals surface area contributed by atoms with Crippen molar-refractivity contribution in [3.8, 4) is 0 Å². The lowest BCUT2D eigenvalue weighted by Crippen LogP contribution is -2.43. The zero-order valence-electron chi connectivity index (χ0n) is 20.5. The fraction of sp³-hybridized carbons (Fsp3) is 0.750. The lowest BCUT2D eigenvalue weighted by molar-refractivity contribution is -0.125. The molecule has 0 aromatic carbocycles. The van der Waals surface area contributed by atoms with Crippen molar-refractivity contribution >= 4 is 5.78 Å². The molecule has 3 aliphatic rings. The lowest BCUT2D eigenvalue weighted by atomic mass is 9.59. The van der Waals surface area contributed by atoms with Crippen LogP contribution in [0.5, 0.6) is 0 Å². The molecule has 3 nitrogen and oxygen atoms in total. The van der Waals surface area contributed by atoms with E-state index in [1.54, 1.807) is 0 Å². The zero-order valence-corrected chi connectivity index (χ0v) is 20.5. The number of aliphatic hydroxyl groups is 2. The molecular weight excluding hydrogens is 384 g/mol. The molecule has 3 rings (SSSR count). The number of aliphatic hydroxyl groups excluding tert-OH is 2. The lowest BCUT2D eigenvalue weighted by Gasteiger charge is -2.44. The molecule has 0 heterocycles. The Bertz CT molecular complexity index is 760. The Balaban J connectivity index is 1.89. The third-order valence-corrected chi connectivity index (χ3v) is 9.21. The van der Waals surface area contributed by atoms with E-state index in [9.17, 15) is 15.0 Å². The third kappa shape index (κ3) is 4.50. The first-order valence-electron chi connectivity index (χ1n) is 12.5. The van der Waals surface area contributed by atoms with Gasteiger partial charge in [0, 0.05) is 6.61 Å². The Kier molecular flexibility index (Phi) is 7.38. The van der Waals surface area contributed by atoms with E-state index in [1.165, 1.54) is 0 Å². The molecule has 3 aliphatic carbocycles. The molecule has 2 N–H and O–H groups in total. The van der Waals surface area contributed by atoms with E-state index in [-0.39, 0.29) is 29.8 Å². The van der Waals surface area contributed by atoms with Gasteiger partial charge in [0.15, 0.2) is 5.78 Å². The molecule has 3 heteroatoms. The van der Waals surface area contributed by atoms with Gasteiger partial charge >= 0.3 is 0 Å². The van der Waals surface area contributed by atoms with Gasteiger partial charge in [-0.25, -0.2) is 0 Å². The predicted molar refractivity (Wildman–Crippen MR) is 127 cm³/mol. The smallest absolute Gasteiger partial charge is 0.169 e. The minimum Gasteiger partial charge on any atom is -0.396 e. The standard InChI is InChI=1S/C28H44O3/c1-18(2)19(3)7-8-20(4)24-11-12-25(28(24,6)15-16-29)23-10-9-21-17-22(30)13-14-27(21,5)26(23)31/h7-10,18-20,22,24-25,29-30H,11-17H2,1-6H3/b8-7+. The summed E-state index contributed by atoms with van der Waals surface area (Å²) in [6.45, 7) is 13.6. The van der Waals surface area contributed by atoms with E-state index >= 15 is 0 Å². The summed E-state index contributed by atoms with van der Waals surface area (Å²) in [5, 5.41) is 20.1. The Morgan fingerprint density at radius 3 is 2.45 bits per heavy atom. The molecule has 0 radical (unpaired) electrons. The second kappa shape index (κ2) is 9.35. The third-order valence-electron chi connectivity index (χ3n) is 9.21.